The first kappa shape index (κ1) is 11.6. The fourth-order valence-electron chi connectivity index (χ4n) is 1.90. The van der Waals surface area contributed by atoms with Gasteiger partial charge in [0, 0.05) is 6.20 Å². The molecular formula is C12H12ClN3O2. The molecule has 1 aliphatic heterocycles. The van der Waals surface area contributed by atoms with Crippen LogP contribution < -0.4 is 0 Å². The standard InChI is InChI=1S/C12H12ClN3O2/c1-8-2-3-10(18-7-17-8)16-5-4-9-11(13)14-6-15-12(9)16/h2-6,8,10H,7H2,1H3. The third-order valence-corrected chi connectivity index (χ3v) is 3.15. The van der Waals surface area contributed by atoms with E-state index in [1.54, 1.807) is 0 Å². The fourth-order valence-corrected chi connectivity index (χ4v) is 2.09. The van der Waals surface area contributed by atoms with Crippen LogP contribution in [-0.4, -0.2) is 27.4 Å². The number of rotatable bonds is 1. The van der Waals surface area contributed by atoms with E-state index in [1.807, 2.05) is 35.9 Å². The molecule has 0 aromatic carbocycles. The Bertz CT molecular complexity index is 596. The van der Waals surface area contributed by atoms with Crippen molar-refractivity contribution in [2.24, 2.45) is 0 Å². The van der Waals surface area contributed by atoms with Gasteiger partial charge in [0.05, 0.1) is 11.5 Å². The minimum Gasteiger partial charge on any atom is -0.348 e. The number of hydrogen-bond donors (Lipinski definition) is 0. The quantitative estimate of drug-likeness (QED) is 0.587. The van der Waals surface area contributed by atoms with Crippen molar-refractivity contribution in [2.45, 2.75) is 19.3 Å². The van der Waals surface area contributed by atoms with E-state index in [9.17, 15) is 0 Å². The zero-order valence-electron chi connectivity index (χ0n) is 9.78. The van der Waals surface area contributed by atoms with E-state index >= 15 is 0 Å². The molecule has 2 atom stereocenters. The molecule has 0 aliphatic carbocycles. The first-order valence-corrected chi connectivity index (χ1v) is 6.02. The largest absolute Gasteiger partial charge is 0.348 e. The zero-order chi connectivity index (χ0) is 12.5. The van der Waals surface area contributed by atoms with Crippen LogP contribution in [-0.2, 0) is 9.47 Å². The predicted octanol–water partition coefficient (Wildman–Crippen LogP) is 2.53. The molecule has 1 aliphatic rings. The number of halogens is 1. The predicted molar refractivity (Wildman–Crippen MR) is 67.2 cm³/mol. The molecule has 94 valence electrons. The summed E-state index contributed by atoms with van der Waals surface area (Å²) in [6, 6.07) is 1.88. The van der Waals surface area contributed by atoms with E-state index in [0.717, 1.165) is 11.0 Å². The van der Waals surface area contributed by atoms with Crippen LogP contribution in [0.25, 0.3) is 11.0 Å². The minimum atomic E-state index is -0.238. The lowest BCUT2D eigenvalue weighted by molar-refractivity contribution is -0.100. The molecule has 3 heterocycles. The second-order valence-corrected chi connectivity index (χ2v) is 4.41. The van der Waals surface area contributed by atoms with Crippen LogP contribution in [0, 0.1) is 0 Å². The van der Waals surface area contributed by atoms with Gasteiger partial charge >= 0.3 is 0 Å². The average Bonchev–Trinajstić information content (AvgIpc) is 2.68. The van der Waals surface area contributed by atoms with Crippen molar-refractivity contribution in [1.29, 1.82) is 0 Å². The number of fused-ring (bicyclic) bond motifs is 1. The Morgan fingerprint density at radius 1 is 1.33 bits per heavy atom. The van der Waals surface area contributed by atoms with Crippen LogP contribution in [0.4, 0.5) is 0 Å². The highest BCUT2D eigenvalue weighted by Crippen LogP contribution is 2.25. The molecule has 5 nitrogen and oxygen atoms in total. The Morgan fingerprint density at radius 3 is 3.11 bits per heavy atom. The van der Waals surface area contributed by atoms with E-state index in [4.69, 9.17) is 21.1 Å². The Labute approximate surface area is 109 Å². The van der Waals surface area contributed by atoms with Crippen molar-refractivity contribution < 1.29 is 9.47 Å². The van der Waals surface area contributed by atoms with Gasteiger partial charge in [-0.2, -0.15) is 0 Å². The second-order valence-electron chi connectivity index (χ2n) is 4.06. The maximum atomic E-state index is 6.02. The van der Waals surface area contributed by atoms with Crippen molar-refractivity contribution in [3.05, 3.63) is 35.9 Å². The van der Waals surface area contributed by atoms with Gasteiger partial charge in [-0.3, -0.25) is 0 Å². The van der Waals surface area contributed by atoms with Crippen molar-refractivity contribution in [3.8, 4) is 0 Å². The van der Waals surface area contributed by atoms with E-state index in [-0.39, 0.29) is 19.1 Å². The first-order chi connectivity index (χ1) is 8.75. The van der Waals surface area contributed by atoms with Gasteiger partial charge in [0.1, 0.15) is 23.9 Å². The van der Waals surface area contributed by atoms with Crippen LogP contribution in [0.3, 0.4) is 0 Å². The van der Waals surface area contributed by atoms with E-state index in [1.165, 1.54) is 6.33 Å². The molecule has 2 aromatic rings. The Morgan fingerprint density at radius 2 is 2.22 bits per heavy atom. The summed E-state index contributed by atoms with van der Waals surface area (Å²) >= 11 is 6.02. The van der Waals surface area contributed by atoms with E-state index in [0.29, 0.717) is 5.15 Å². The molecule has 2 unspecified atom stereocenters. The highest BCUT2D eigenvalue weighted by Gasteiger charge is 2.16. The Balaban J connectivity index is 2.04. The van der Waals surface area contributed by atoms with Crippen LogP contribution in [0.1, 0.15) is 13.2 Å². The van der Waals surface area contributed by atoms with Gasteiger partial charge < -0.3 is 14.0 Å². The SMILES string of the molecule is CC1C=CC(n2ccc3c(Cl)ncnc32)OCO1. The summed E-state index contributed by atoms with van der Waals surface area (Å²) in [7, 11) is 0. The number of aromatic nitrogens is 3. The van der Waals surface area contributed by atoms with Crippen molar-refractivity contribution in [1.82, 2.24) is 14.5 Å². The molecule has 3 rings (SSSR count). The molecule has 0 N–H and O–H groups in total. The van der Waals surface area contributed by atoms with Crippen molar-refractivity contribution in [2.75, 3.05) is 6.79 Å². The van der Waals surface area contributed by atoms with Gasteiger partial charge in [0.2, 0.25) is 0 Å². The highest BCUT2D eigenvalue weighted by molar-refractivity contribution is 6.33. The molecule has 0 bridgehead atoms. The summed E-state index contributed by atoms with van der Waals surface area (Å²) in [6.07, 6.45) is 7.06. The summed E-state index contributed by atoms with van der Waals surface area (Å²) in [5, 5.41) is 1.26. The normalized spacial score (nSPS) is 24.3. The van der Waals surface area contributed by atoms with Gasteiger partial charge in [-0.1, -0.05) is 17.7 Å². The van der Waals surface area contributed by atoms with Crippen molar-refractivity contribution in [3.63, 3.8) is 0 Å². The smallest absolute Gasteiger partial charge is 0.157 e. The number of hydrogen-bond acceptors (Lipinski definition) is 4. The van der Waals surface area contributed by atoms with Crippen LogP contribution in [0.5, 0.6) is 0 Å². The molecule has 0 amide bonds. The molecule has 0 fully saturated rings. The molecule has 18 heavy (non-hydrogen) atoms. The summed E-state index contributed by atoms with van der Waals surface area (Å²) in [5.41, 5.74) is 0.749. The monoisotopic (exact) mass is 265 g/mol. The third-order valence-electron chi connectivity index (χ3n) is 2.85. The lowest BCUT2D eigenvalue weighted by Crippen LogP contribution is -2.11. The van der Waals surface area contributed by atoms with Crippen LogP contribution in [0.15, 0.2) is 30.7 Å². The lowest BCUT2D eigenvalue weighted by atomic mass is 10.3. The van der Waals surface area contributed by atoms with Gasteiger partial charge in [-0.15, -0.1) is 0 Å². The van der Waals surface area contributed by atoms with Crippen LogP contribution in [0.2, 0.25) is 5.15 Å². The third kappa shape index (κ3) is 2.01. The summed E-state index contributed by atoms with van der Waals surface area (Å²) < 4.78 is 12.9. The minimum absolute atomic E-state index is 0.0510. The van der Waals surface area contributed by atoms with Gasteiger partial charge in [0.15, 0.2) is 6.23 Å². The van der Waals surface area contributed by atoms with E-state index in [2.05, 4.69) is 9.97 Å². The second kappa shape index (κ2) is 4.68. The van der Waals surface area contributed by atoms with Gasteiger partial charge in [-0.05, 0) is 19.1 Å². The summed E-state index contributed by atoms with van der Waals surface area (Å²) in [5.74, 6) is 0. The number of nitrogens with zero attached hydrogens (tertiary/aromatic N) is 3. The molecule has 0 saturated heterocycles. The molecular weight excluding hydrogens is 254 g/mol. The first-order valence-electron chi connectivity index (χ1n) is 5.64. The topological polar surface area (TPSA) is 49.2 Å². The lowest BCUT2D eigenvalue weighted by Gasteiger charge is -2.14. The Kier molecular flexibility index (Phi) is 3.03. The van der Waals surface area contributed by atoms with Gasteiger partial charge in [-0.25, -0.2) is 9.97 Å². The van der Waals surface area contributed by atoms with Gasteiger partial charge in [0.25, 0.3) is 0 Å². The number of ether oxygens (including phenoxy) is 2. The zero-order valence-corrected chi connectivity index (χ0v) is 10.5. The molecule has 6 heteroatoms. The Hall–Kier alpha value is -1.43. The average molecular weight is 266 g/mol. The molecule has 0 radical (unpaired) electrons. The van der Waals surface area contributed by atoms with Crippen molar-refractivity contribution >= 4 is 22.6 Å². The highest BCUT2D eigenvalue weighted by atomic mass is 35.5. The molecule has 0 spiro atoms. The molecule has 0 saturated carbocycles. The van der Waals surface area contributed by atoms with Crippen LogP contribution >= 0.6 is 11.6 Å². The fraction of sp³-hybridized carbons (Fsp3) is 0.333. The molecule has 2 aromatic heterocycles. The van der Waals surface area contributed by atoms with E-state index < -0.39 is 0 Å². The summed E-state index contributed by atoms with van der Waals surface area (Å²) in [6.45, 7) is 2.21. The maximum absolute atomic E-state index is 6.02. The summed E-state index contributed by atoms with van der Waals surface area (Å²) in [4.78, 5) is 8.19. The maximum Gasteiger partial charge on any atom is 0.157 e.